The van der Waals surface area contributed by atoms with E-state index < -0.39 is 11.7 Å². The lowest BCUT2D eigenvalue weighted by atomic mass is 10.1. The highest BCUT2D eigenvalue weighted by Gasteiger charge is 2.34. The molecule has 3 N–H and O–H groups in total. The Labute approximate surface area is 150 Å². The summed E-state index contributed by atoms with van der Waals surface area (Å²) in [6.07, 6.45) is -3.87. The maximum atomic E-state index is 13.5. The van der Waals surface area contributed by atoms with Gasteiger partial charge in [-0.2, -0.15) is 18.3 Å². The maximum absolute atomic E-state index is 13.5. The SMILES string of the molecule is Cc1cc(C)n(-c2ccc(CNC(=O)CCC(C)N)c(C(F)(F)F)c2)n1. The molecule has 0 fully saturated rings. The number of nitrogens with two attached hydrogens (primary N) is 1. The molecular weight excluding hydrogens is 345 g/mol. The van der Waals surface area contributed by atoms with Crippen LogP contribution in [0.25, 0.3) is 5.69 Å². The van der Waals surface area contributed by atoms with E-state index in [1.54, 1.807) is 32.9 Å². The van der Waals surface area contributed by atoms with Crippen LogP contribution in [0.4, 0.5) is 13.2 Å². The van der Waals surface area contributed by atoms with E-state index >= 15 is 0 Å². The molecule has 0 aliphatic carbocycles. The quantitative estimate of drug-likeness (QED) is 0.822. The van der Waals surface area contributed by atoms with Crippen molar-refractivity contribution in [2.24, 2.45) is 5.73 Å². The molecule has 0 aliphatic heterocycles. The van der Waals surface area contributed by atoms with Crippen molar-refractivity contribution >= 4 is 5.91 Å². The third-order valence-electron chi connectivity index (χ3n) is 3.96. The number of hydrogen-bond donors (Lipinski definition) is 2. The Bertz CT molecular complexity index is 781. The molecule has 0 aliphatic rings. The lowest BCUT2D eigenvalue weighted by Crippen LogP contribution is -2.26. The number of amides is 1. The Hall–Kier alpha value is -2.35. The van der Waals surface area contributed by atoms with Crippen LogP contribution in [0.15, 0.2) is 24.3 Å². The van der Waals surface area contributed by atoms with Crippen LogP contribution in [0.2, 0.25) is 0 Å². The van der Waals surface area contributed by atoms with Gasteiger partial charge in [0.1, 0.15) is 0 Å². The molecule has 1 amide bonds. The van der Waals surface area contributed by atoms with Gasteiger partial charge >= 0.3 is 6.18 Å². The van der Waals surface area contributed by atoms with Gasteiger partial charge in [-0.3, -0.25) is 4.79 Å². The van der Waals surface area contributed by atoms with Gasteiger partial charge in [0.2, 0.25) is 5.91 Å². The number of nitrogens with one attached hydrogen (secondary N) is 1. The highest BCUT2D eigenvalue weighted by molar-refractivity contribution is 5.75. The highest BCUT2D eigenvalue weighted by Crippen LogP contribution is 2.33. The van der Waals surface area contributed by atoms with Crippen LogP contribution in [-0.4, -0.2) is 21.7 Å². The number of alkyl halides is 3. The van der Waals surface area contributed by atoms with Crippen molar-refractivity contribution in [2.45, 2.75) is 52.4 Å². The largest absolute Gasteiger partial charge is 0.416 e. The Morgan fingerprint density at radius 3 is 2.54 bits per heavy atom. The molecule has 1 aromatic heterocycles. The lowest BCUT2D eigenvalue weighted by Gasteiger charge is -2.16. The van der Waals surface area contributed by atoms with E-state index in [4.69, 9.17) is 5.73 Å². The standard InChI is InChI=1S/C18H23F3N4O/c1-11(22)4-7-17(26)23-10-14-5-6-15(9-16(14)18(19,20)21)25-13(3)8-12(2)24-25/h5-6,8-9,11H,4,7,10,22H2,1-3H3,(H,23,26). The third kappa shape index (κ3) is 5.08. The molecule has 0 saturated carbocycles. The van der Waals surface area contributed by atoms with E-state index in [1.165, 1.54) is 10.7 Å². The number of aryl methyl sites for hydroxylation is 2. The Morgan fingerprint density at radius 1 is 1.31 bits per heavy atom. The van der Waals surface area contributed by atoms with Gasteiger partial charge in [-0.25, -0.2) is 4.68 Å². The Morgan fingerprint density at radius 2 is 2.00 bits per heavy atom. The molecule has 0 bridgehead atoms. The molecule has 142 valence electrons. The van der Waals surface area contributed by atoms with Gasteiger partial charge in [-0.15, -0.1) is 0 Å². The number of nitrogens with zero attached hydrogens (tertiary/aromatic N) is 2. The molecule has 0 radical (unpaired) electrons. The first-order valence-electron chi connectivity index (χ1n) is 8.34. The van der Waals surface area contributed by atoms with Gasteiger partial charge in [0.05, 0.1) is 16.9 Å². The fourth-order valence-corrected chi connectivity index (χ4v) is 2.65. The van der Waals surface area contributed by atoms with Crippen LogP contribution in [0.3, 0.4) is 0 Å². The fourth-order valence-electron chi connectivity index (χ4n) is 2.65. The molecule has 2 rings (SSSR count). The zero-order valence-corrected chi connectivity index (χ0v) is 15.0. The molecule has 26 heavy (non-hydrogen) atoms. The van der Waals surface area contributed by atoms with Crippen molar-refractivity contribution in [3.05, 3.63) is 46.8 Å². The van der Waals surface area contributed by atoms with Crippen molar-refractivity contribution in [2.75, 3.05) is 0 Å². The minimum atomic E-state index is -4.53. The number of carbonyl (C=O) groups is 1. The molecule has 2 aromatic rings. The molecule has 1 unspecified atom stereocenters. The third-order valence-corrected chi connectivity index (χ3v) is 3.96. The second-order valence-electron chi connectivity index (χ2n) is 6.47. The fraction of sp³-hybridized carbons (Fsp3) is 0.444. The summed E-state index contributed by atoms with van der Waals surface area (Å²) < 4.78 is 41.9. The highest BCUT2D eigenvalue weighted by atomic mass is 19.4. The van der Waals surface area contributed by atoms with Crippen LogP contribution in [0.5, 0.6) is 0 Å². The maximum Gasteiger partial charge on any atom is 0.416 e. The van der Waals surface area contributed by atoms with Gasteiger partial charge < -0.3 is 11.1 Å². The van der Waals surface area contributed by atoms with Crippen molar-refractivity contribution in [1.29, 1.82) is 0 Å². The number of aromatic nitrogens is 2. The second-order valence-corrected chi connectivity index (χ2v) is 6.47. The zero-order valence-electron chi connectivity index (χ0n) is 15.0. The van der Waals surface area contributed by atoms with E-state index in [9.17, 15) is 18.0 Å². The van der Waals surface area contributed by atoms with Gasteiger partial charge in [0.25, 0.3) is 0 Å². The smallest absolute Gasteiger partial charge is 0.352 e. The molecule has 1 heterocycles. The van der Waals surface area contributed by atoms with Gasteiger partial charge in [-0.05, 0) is 51.0 Å². The monoisotopic (exact) mass is 368 g/mol. The first kappa shape index (κ1) is 20.0. The Kier molecular flexibility index (Phi) is 6.07. The molecule has 0 saturated heterocycles. The summed E-state index contributed by atoms with van der Waals surface area (Å²) in [7, 11) is 0. The van der Waals surface area contributed by atoms with Crippen molar-refractivity contribution in [1.82, 2.24) is 15.1 Å². The molecule has 5 nitrogen and oxygen atoms in total. The number of halogens is 3. The summed E-state index contributed by atoms with van der Waals surface area (Å²) in [5, 5.41) is 6.74. The minimum absolute atomic E-state index is 0.0110. The van der Waals surface area contributed by atoms with Crippen molar-refractivity contribution < 1.29 is 18.0 Å². The normalized spacial score (nSPS) is 12.9. The van der Waals surface area contributed by atoms with Crippen LogP contribution >= 0.6 is 0 Å². The number of rotatable bonds is 6. The molecule has 1 atom stereocenters. The average Bonchev–Trinajstić information content (AvgIpc) is 2.88. The summed E-state index contributed by atoms with van der Waals surface area (Å²) >= 11 is 0. The summed E-state index contributed by atoms with van der Waals surface area (Å²) in [5.74, 6) is -0.321. The van der Waals surface area contributed by atoms with E-state index in [2.05, 4.69) is 10.4 Å². The van der Waals surface area contributed by atoms with Gasteiger partial charge in [-0.1, -0.05) is 6.07 Å². The molecule has 1 aromatic carbocycles. The minimum Gasteiger partial charge on any atom is -0.352 e. The predicted octanol–water partition coefficient (Wildman–Crippen LogP) is 3.25. The summed E-state index contributed by atoms with van der Waals surface area (Å²) in [4.78, 5) is 11.8. The molecule has 0 spiro atoms. The van der Waals surface area contributed by atoms with Crippen molar-refractivity contribution in [3.63, 3.8) is 0 Å². The first-order valence-corrected chi connectivity index (χ1v) is 8.34. The van der Waals surface area contributed by atoms with Crippen molar-refractivity contribution in [3.8, 4) is 5.69 Å². The van der Waals surface area contributed by atoms with Gasteiger partial charge in [0.15, 0.2) is 0 Å². The lowest BCUT2D eigenvalue weighted by molar-refractivity contribution is -0.138. The molecule has 8 heteroatoms. The van der Waals surface area contributed by atoms with Crippen LogP contribution in [0, 0.1) is 13.8 Å². The summed E-state index contributed by atoms with van der Waals surface area (Å²) in [6.45, 7) is 5.14. The van der Waals surface area contributed by atoms with Crippen LogP contribution < -0.4 is 11.1 Å². The number of hydrogen-bond acceptors (Lipinski definition) is 3. The van der Waals surface area contributed by atoms with Crippen LogP contribution in [-0.2, 0) is 17.5 Å². The summed E-state index contributed by atoms with van der Waals surface area (Å²) in [6, 6.07) is 5.66. The average molecular weight is 368 g/mol. The van der Waals surface area contributed by atoms with Crippen LogP contribution in [0.1, 0.15) is 42.3 Å². The number of carbonyl (C=O) groups excluding carboxylic acids is 1. The zero-order chi connectivity index (χ0) is 19.5. The van der Waals surface area contributed by atoms with E-state index in [-0.39, 0.29) is 30.5 Å². The van der Waals surface area contributed by atoms with E-state index in [1.807, 2.05) is 0 Å². The Balaban J connectivity index is 2.24. The van der Waals surface area contributed by atoms with E-state index in [0.29, 0.717) is 12.1 Å². The first-order chi connectivity index (χ1) is 12.1. The van der Waals surface area contributed by atoms with E-state index in [0.717, 1.165) is 17.5 Å². The topological polar surface area (TPSA) is 72.9 Å². The predicted molar refractivity (Wildman–Crippen MR) is 92.8 cm³/mol. The summed E-state index contributed by atoms with van der Waals surface area (Å²) in [5.41, 5.74) is 6.60. The van der Waals surface area contributed by atoms with Gasteiger partial charge in [0, 0.05) is 24.7 Å². The molecular formula is C18H23F3N4O. The number of benzene rings is 1. The second kappa shape index (κ2) is 7.90.